The highest BCUT2D eigenvalue weighted by molar-refractivity contribution is 6.10. The van der Waals surface area contributed by atoms with Crippen molar-refractivity contribution in [2.75, 3.05) is 6.54 Å². The third kappa shape index (κ3) is 1.16. The van der Waals surface area contributed by atoms with Crippen LogP contribution in [0.2, 0.25) is 0 Å². The molecule has 2 heteroatoms. The maximum atomic E-state index is 11.3. The lowest BCUT2D eigenvalue weighted by Gasteiger charge is -2.09. The van der Waals surface area contributed by atoms with E-state index in [4.69, 9.17) is 0 Å². The van der Waals surface area contributed by atoms with Gasteiger partial charge in [-0.25, -0.2) is 0 Å². The summed E-state index contributed by atoms with van der Waals surface area (Å²) in [5.41, 5.74) is 1.92. The molecule has 60 valence electrons. The van der Waals surface area contributed by atoms with E-state index in [2.05, 4.69) is 4.99 Å². The Morgan fingerprint density at radius 3 is 3.25 bits per heavy atom. The maximum Gasteiger partial charge on any atom is 0.185 e. The first-order valence-electron chi connectivity index (χ1n) is 3.98. The molecule has 0 aromatic rings. The Bertz CT molecular complexity index is 332. The summed E-state index contributed by atoms with van der Waals surface area (Å²) in [6.07, 6.45) is 9.90. The summed E-state index contributed by atoms with van der Waals surface area (Å²) in [4.78, 5) is 15.4. The summed E-state index contributed by atoms with van der Waals surface area (Å²) in [5.74, 6) is 0.0980. The van der Waals surface area contributed by atoms with Crippen LogP contribution in [-0.4, -0.2) is 18.5 Å². The Kier molecular flexibility index (Phi) is 1.74. The first kappa shape index (κ1) is 7.22. The van der Waals surface area contributed by atoms with E-state index >= 15 is 0 Å². The van der Waals surface area contributed by atoms with E-state index in [-0.39, 0.29) is 5.78 Å². The highest BCUT2D eigenvalue weighted by atomic mass is 16.1. The van der Waals surface area contributed by atoms with Crippen LogP contribution >= 0.6 is 0 Å². The van der Waals surface area contributed by atoms with Crippen LogP contribution in [0.4, 0.5) is 0 Å². The van der Waals surface area contributed by atoms with Crippen LogP contribution in [0.1, 0.15) is 6.42 Å². The molecule has 0 unspecified atom stereocenters. The second-order valence-corrected chi connectivity index (χ2v) is 2.79. The summed E-state index contributed by atoms with van der Waals surface area (Å²) in [5, 5.41) is 0. The molecular formula is C10H9NO. The van der Waals surface area contributed by atoms with Crippen LogP contribution in [0.3, 0.4) is 0 Å². The zero-order chi connectivity index (χ0) is 8.39. The van der Waals surface area contributed by atoms with Gasteiger partial charge < -0.3 is 0 Å². The lowest BCUT2D eigenvalue weighted by molar-refractivity contribution is -0.111. The fourth-order valence-electron chi connectivity index (χ4n) is 1.38. The number of fused-ring (bicyclic) bond motifs is 1. The molecule has 12 heavy (non-hydrogen) atoms. The molecule has 2 aliphatic rings. The maximum absolute atomic E-state index is 11.3. The molecular weight excluding hydrogens is 150 g/mol. The molecule has 0 aromatic heterocycles. The largest absolute Gasteiger partial charge is 0.289 e. The number of ketones is 1. The number of carbonyl (C=O) groups is 1. The fraction of sp³-hybridized carbons (Fsp3) is 0.200. The van der Waals surface area contributed by atoms with E-state index in [0.717, 1.165) is 17.6 Å². The van der Waals surface area contributed by atoms with Crippen molar-refractivity contribution in [2.45, 2.75) is 6.42 Å². The lowest BCUT2D eigenvalue weighted by atomic mass is 9.93. The first-order chi connectivity index (χ1) is 5.88. The Balaban J connectivity index is 2.46. The van der Waals surface area contributed by atoms with E-state index in [1.165, 1.54) is 0 Å². The van der Waals surface area contributed by atoms with Gasteiger partial charge in [0.05, 0.1) is 6.54 Å². The monoisotopic (exact) mass is 159 g/mol. The molecule has 2 rings (SSSR count). The third-order valence-corrected chi connectivity index (χ3v) is 2.01. The number of aliphatic imine (C=N–C) groups is 1. The summed E-state index contributed by atoms with van der Waals surface area (Å²) in [6.45, 7) is 0.691. The minimum Gasteiger partial charge on any atom is -0.289 e. The van der Waals surface area contributed by atoms with Crippen LogP contribution in [0.5, 0.6) is 0 Å². The minimum absolute atomic E-state index is 0.0980. The molecule has 0 radical (unpaired) electrons. The van der Waals surface area contributed by atoms with Gasteiger partial charge in [-0.1, -0.05) is 12.2 Å². The van der Waals surface area contributed by atoms with Crippen LogP contribution in [0.15, 0.2) is 40.4 Å². The zero-order valence-corrected chi connectivity index (χ0v) is 6.66. The molecule has 0 amide bonds. The topological polar surface area (TPSA) is 29.4 Å². The summed E-state index contributed by atoms with van der Waals surface area (Å²) in [7, 11) is 0. The number of hydrogen-bond donors (Lipinski definition) is 0. The SMILES string of the molecule is O=C1C=CCC2=CCN=CC=C12. The minimum atomic E-state index is 0.0980. The van der Waals surface area contributed by atoms with Crippen molar-refractivity contribution in [2.24, 2.45) is 4.99 Å². The molecule has 0 aromatic carbocycles. The number of hydrogen-bond acceptors (Lipinski definition) is 2. The van der Waals surface area contributed by atoms with Crippen molar-refractivity contribution < 1.29 is 4.79 Å². The summed E-state index contributed by atoms with van der Waals surface area (Å²) in [6, 6.07) is 0. The van der Waals surface area contributed by atoms with Crippen molar-refractivity contribution in [1.82, 2.24) is 0 Å². The molecule has 0 fully saturated rings. The van der Waals surface area contributed by atoms with Gasteiger partial charge in [0.2, 0.25) is 0 Å². The van der Waals surface area contributed by atoms with E-state index in [1.54, 1.807) is 18.4 Å². The van der Waals surface area contributed by atoms with Crippen molar-refractivity contribution in [3.63, 3.8) is 0 Å². The Hall–Kier alpha value is -1.44. The van der Waals surface area contributed by atoms with Crippen molar-refractivity contribution in [3.8, 4) is 0 Å². The molecule has 0 saturated carbocycles. The second kappa shape index (κ2) is 2.89. The van der Waals surface area contributed by atoms with Crippen LogP contribution < -0.4 is 0 Å². The fourth-order valence-corrected chi connectivity index (χ4v) is 1.38. The highest BCUT2D eigenvalue weighted by Crippen LogP contribution is 2.21. The van der Waals surface area contributed by atoms with E-state index in [1.807, 2.05) is 12.2 Å². The normalized spacial score (nSPS) is 21.2. The third-order valence-electron chi connectivity index (χ3n) is 2.01. The molecule has 1 aliphatic heterocycles. The average Bonchev–Trinajstić information content (AvgIpc) is 2.30. The molecule has 0 N–H and O–H groups in total. The average molecular weight is 159 g/mol. The van der Waals surface area contributed by atoms with E-state index < -0.39 is 0 Å². The molecule has 2 nitrogen and oxygen atoms in total. The Morgan fingerprint density at radius 1 is 1.42 bits per heavy atom. The molecule has 0 bridgehead atoms. The number of nitrogens with zero attached hydrogens (tertiary/aromatic N) is 1. The number of allylic oxidation sites excluding steroid dienone is 5. The zero-order valence-electron chi connectivity index (χ0n) is 6.66. The van der Waals surface area contributed by atoms with Gasteiger partial charge in [-0.05, 0) is 24.1 Å². The van der Waals surface area contributed by atoms with Gasteiger partial charge in [0.1, 0.15) is 0 Å². The molecule has 1 heterocycles. The van der Waals surface area contributed by atoms with Gasteiger partial charge in [0.25, 0.3) is 0 Å². The van der Waals surface area contributed by atoms with Crippen LogP contribution in [-0.2, 0) is 4.79 Å². The quantitative estimate of drug-likeness (QED) is 0.526. The Morgan fingerprint density at radius 2 is 2.33 bits per heavy atom. The first-order valence-corrected chi connectivity index (χ1v) is 3.98. The van der Waals surface area contributed by atoms with E-state index in [0.29, 0.717) is 6.54 Å². The van der Waals surface area contributed by atoms with Gasteiger partial charge in [0, 0.05) is 11.8 Å². The number of rotatable bonds is 0. The van der Waals surface area contributed by atoms with E-state index in [9.17, 15) is 4.79 Å². The highest BCUT2D eigenvalue weighted by Gasteiger charge is 2.14. The van der Waals surface area contributed by atoms with Crippen molar-refractivity contribution >= 4 is 12.0 Å². The van der Waals surface area contributed by atoms with Gasteiger partial charge >= 0.3 is 0 Å². The standard InChI is InChI=1S/C10H9NO/c12-10-3-1-2-8-4-6-11-7-5-9(8)10/h1,3-5,7H,2,6H2. The summed E-state index contributed by atoms with van der Waals surface area (Å²) >= 11 is 0. The van der Waals surface area contributed by atoms with Crippen molar-refractivity contribution in [3.05, 3.63) is 35.5 Å². The lowest BCUT2D eigenvalue weighted by Crippen LogP contribution is -2.06. The Labute approximate surface area is 71.0 Å². The van der Waals surface area contributed by atoms with Gasteiger partial charge in [-0.3, -0.25) is 9.79 Å². The van der Waals surface area contributed by atoms with Gasteiger partial charge in [0.15, 0.2) is 5.78 Å². The predicted octanol–water partition coefficient (Wildman–Crippen LogP) is 1.45. The summed E-state index contributed by atoms with van der Waals surface area (Å²) < 4.78 is 0. The van der Waals surface area contributed by atoms with Crippen molar-refractivity contribution in [1.29, 1.82) is 0 Å². The second-order valence-electron chi connectivity index (χ2n) is 2.79. The number of carbonyl (C=O) groups excluding carboxylic acids is 1. The van der Waals surface area contributed by atoms with Crippen LogP contribution in [0.25, 0.3) is 0 Å². The molecule has 0 saturated heterocycles. The molecule has 0 atom stereocenters. The molecule has 0 spiro atoms. The van der Waals surface area contributed by atoms with Gasteiger partial charge in [-0.2, -0.15) is 0 Å². The van der Waals surface area contributed by atoms with Gasteiger partial charge in [-0.15, -0.1) is 0 Å². The van der Waals surface area contributed by atoms with Crippen LogP contribution in [0, 0.1) is 0 Å². The predicted molar refractivity (Wildman–Crippen MR) is 48.3 cm³/mol. The molecule has 1 aliphatic carbocycles. The smallest absolute Gasteiger partial charge is 0.185 e.